The van der Waals surface area contributed by atoms with Gasteiger partial charge in [0.25, 0.3) is 0 Å². The lowest BCUT2D eigenvalue weighted by molar-refractivity contribution is 0.303. The van der Waals surface area contributed by atoms with Crippen LogP contribution in [0.1, 0.15) is 38.9 Å². The topological polar surface area (TPSA) is 61.0 Å². The fourth-order valence-corrected chi connectivity index (χ4v) is 1.00. The van der Waals surface area contributed by atoms with Gasteiger partial charge in [-0.05, 0) is 6.42 Å². The molecule has 0 aliphatic rings. The van der Waals surface area contributed by atoms with E-state index in [1.807, 2.05) is 20.8 Å². The van der Waals surface area contributed by atoms with Crippen molar-refractivity contribution in [2.75, 3.05) is 12.3 Å². The van der Waals surface area contributed by atoms with E-state index in [0.717, 1.165) is 12.2 Å². The molecule has 1 heterocycles. The lowest BCUT2D eigenvalue weighted by atomic mass is 10.2. The maximum atomic E-state index is 5.64. The molecule has 4 heteroatoms. The number of rotatable bonds is 4. The number of nitrogens with two attached hydrogens (primary N) is 1. The second kappa shape index (κ2) is 4.79. The molecule has 0 saturated carbocycles. The highest BCUT2D eigenvalue weighted by atomic mass is 16.5. The first kappa shape index (κ1) is 10.8. The third-order valence-electron chi connectivity index (χ3n) is 1.71. The molecule has 0 fully saturated rings. The monoisotopic (exact) mass is 195 g/mol. The molecule has 1 rings (SSSR count). The van der Waals surface area contributed by atoms with E-state index in [2.05, 4.69) is 9.97 Å². The van der Waals surface area contributed by atoms with Gasteiger partial charge in [-0.1, -0.05) is 20.8 Å². The third kappa shape index (κ3) is 2.87. The summed E-state index contributed by atoms with van der Waals surface area (Å²) in [6.07, 6.45) is 0.959. The minimum absolute atomic E-state index is 0.266. The Morgan fingerprint density at radius 3 is 2.71 bits per heavy atom. The maximum Gasteiger partial charge on any atom is 0.218 e. The fraction of sp³-hybridized carbons (Fsp3) is 0.600. The highest BCUT2D eigenvalue weighted by Gasteiger charge is 2.06. The number of hydrogen-bond acceptors (Lipinski definition) is 4. The Morgan fingerprint density at radius 2 is 2.14 bits per heavy atom. The normalized spacial score (nSPS) is 10.6. The quantitative estimate of drug-likeness (QED) is 0.797. The fourth-order valence-electron chi connectivity index (χ4n) is 1.00. The van der Waals surface area contributed by atoms with Gasteiger partial charge in [-0.15, -0.1) is 0 Å². The molecule has 0 aliphatic carbocycles. The Bertz CT molecular complexity index is 299. The van der Waals surface area contributed by atoms with Crippen LogP contribution in [0.15, 0.2) is 6.07 Å². The molecule has 4 nitrogen and oxygen atoms in total. The Balaban J connectivity index is 2.84. The molecule has 1 aromatic heterocycles. The van der Waals surface area contributed by atoms with E-state index < -0.39 is 0 Å². The van der Waals surface area contributed by atoms with Gasteiger partial charge in [0.1, 0.15) is 11.6 Å². The average Bonchev–Trinajstić information content (AvgIpc) is 2.14. The zero-order valence-corrected chi connectivity index (χ0v) is 8.95. The smallest absolute Gasteiger partial charge is 0.218 e. The number of ether oxygens (including phenoxy) is 1. The second-order valence-electron chi connectivity index (χ2n) is 3.49. The van der Waals surface area contributed by atoms with Crippen molar-refractivity contribution in [3.05, 3.63) is 11.9 Å². The molecule has 0 aromatic carbocycles. The summed E-state index contributed by atoms with van der Waals surface area (Å²) in [6.45, 7) is 6.76. The van der Waals surface area contributed by atoms with Crippen molar-refractivity contribution in [1.29, 1.82) is 0 Å². The summed E-state index contributed by atoms with van der Waals surface area (Å²) in [5, 5.41) is 0. The molecular formula is C10H17N3O. The molecule has 0 atom stereocenters. The molecule has 14 heavy (non-hydrogen) atoms. The number of nitrogen functional groups attached to an aromatic ring is 1. The van der Waals surface area contributed by atoms with Crippen molar-refractivity contribution in [3.63, 3.8) is 0 Å². The predicted molar refractivity (Wildman–Crippen MR) is 56.3 cm³/mol. The van der Waals surface area contributed by atoms with Crippen LogP contribution < -0.4 is 10.5 Å². The van der Waals surface area contributed by atoms with Crippen LogP contribution in [0.5, 0.6) is 5.88 Å². The van der Waals surface area contributed by atoms with Crippen molar-refractivity contribution in [3.8, 4) is 5.88 Å². The van der Waals surface area contributed by atoms with Gasteiger partial charge in [-0.2, -0.15) is 4.98 Å². The first-order valence-corrected chi connectivity index (χ1v) is 4.90. The summed E-state index contributed by atoms with van der Waals surface area (Å²) in [5.74, 6) is 2.04. The van der Waals surface area contributed by atoms with Crippen molar-refractivity contribution >= 4 is 5.82 Å². The summed E-state index contributed by atoms with van der Waals surface area (Å²) in [7, 11) is 0. The van der Waals surface area contributed by atoms with Gasteiger partial charge in [0.05, 0.1) is 6.61 Å². The molecule has 78 valence electrons. The molecule has 0 unspecified atom stereocenters. The minimum Gasteiger partial charge on any atom is -0.478 e. The third-order valence-corrected chi connectivity index (χ3v) is 1.71. The average molecular weight is 195 g/mol. The predicted octanol–water partition coefficient (Wildman–Crippen LogP) is 1.97. The van der Waals surface area contributed by atoms with E-state index in [1.54, 1.807) is 6.07 Å². The van der Waals surface area contributed by atoms with Gasteiger partial charge in [0.15, 0.2) is 0 Å². The van der Waals surface area contributed by atoms with E-state index in [0.29, 0.717) is 18.3 Å². The molecule has 1 aromatic rings. The van der Waals surface area contributed by atoms with Gasteiger partial charge in [-0.3, -0.25) is 0 Å². The van der Waals surface area contributed by atoms with E-state index in [9.17, 15) is 0 Å². The van der Waals surface area contributed by atoms with E-state index in [4.69, 9.17) is 10.5 Å². The summed E-state index contributed by atoms with van der Waals surface area (Å²) >= 11 is 0. The van der Waals surface area contributed by atoms with Crippen LogP contribution in [0.4, 0.5) is 5.82 Å². The van der Waals surface area contributed by atoms with Crippen LogP contribution in [0.2, 0.25) is 0 Å². The molecule has 2 N–H and O–H groups in total. The molecular weight excluding hydrogens is 178 g/mol. The molecule has 0 spiro atoms. The van der Waals surface area contributed by atoms with Crippen LogP contribution in [-0.4, -0.2) is 16.6 Å². The number of anilines is 1. The largest absolute Gasteiger partial charge is 0.478 e. The van der Waals surface area contributed by atoms with E-state index >= 15 is 0 Å². The highest BCUT2D eigenvalue weighted by Crippen LogP contribution is 2.16. The summed E-state index contributed by atoms with van der Waals surface area (Å²) < 4.78 is 5.40. The Hall–Kier alpha value is -1.32. The van der Waals surface area contributed by atoms with Crippen molar-refractivity contribution in [2.45, 2.75) is 33.1 Å². The van der Waals surface area contributed by atoms with Crippen LogP contribution in [0, 0.1) is 0 Å². The lowest BCUT2D eigenvalue weighted by Crippen LogP contribution is -2.05. The zero-order chi connectivity index (χ0) is 10.6. The Kier molecular flexibility index (Phi) is 3.68. The number of aromatic nitrogens is 2. The summed E-state index contributed by atoms with van der Waals surface area (Å²) in [4.78, 5) is 8.39. The molecule has 0 saturated heterocycles. The summed E-state index contributed by atoms with van der Waals surface area (Å²) in [5.41, 5.74) is 5.64. The first-order valence-electron chi connectivity index (χ1n) is 4.90. The van der Waals surface area contributed by atoms with E-state index in [-0.39, 0.29) is 5.92 Å². The van der Waals surface area contributed by atoms with Gasteiger partial charge in [-0.25, -0.2) is 4.98 Å². The van der Waals surface area contributed by atoms with Crippen LogP contribution in [0.25, 0.3) is 0 Å². The molecule has 0 amide bonds. The van der Waals surface area contributed by atoms with Crippen LogP contribution in [0.3, 0.4) is 0 Å². The number of nitrogens with zero attached hydrogens (tertiary/aromatic N) is 2. The maximum absolute atomic E-state index is 5.64. The Labute approximate surface area is 84.5 Å². The first-order chi connectivity index (χ1) is 6.63. The standard InChI is InChI=1S/C10H17N3O/c1-4-5-14-9-6-8(11)12-10(13-9)7(2)3/h6-7H,4-5H2,1-3H3,(H2,11,12,13). The SMILES string of the molecule is CCCOc1cc(N)nc(C(C)C)n1. The molecule has 0 aliphatic heterocycles. The van der Waals surface area contributed by atoms with Crippen molar-refractivity contribution in [2.24, 2.45) is 0 Å². The van der Waals surface area contributed by atoms with Crippen molar-refractivity contribution in [1.82, 2.24) is 9.97 Å². The number of hydrogen-bond donors (Lipinski definition) is 1. The van der Waals surface area contributed by atoms with E-state index in [1.165, 1.54) is 0 Å². The van der Waals surface area contributed by atoms with Gasteiger partial charge in [0.2, 0.25) is 5.88 Å². The van der Waals surface area contributed by atoms with Crippen LogP contribution in [-0.2, 0) is 0 Å². The van der Waals surface area contributed by atoms with Gasteiger partial charge >= 0.3 is 0 Å². The molecule has 0 bridgehead atoms. The Morgan fingerprint density at radius 1 is 1.43 bits per heavy atom. The van der Waals surface area contributed by atoms with Crippen molar-refractivity contribution < 1.29 is 4.74 Å². The minimum atomic E-state index is 0.266. The zero-order valence-electron chi connectivity index (χ0n) is 8.95. The summed E-state index contributed by atoms with van der Waals surface area (Å²) in [6, 6.07) is 1.65. The van der Waals surface area contributed by atoms with Gasteiger partial charge < -0.3 is 10.5 Å². The lowest BCUT2D eigenvalue weighted by Gasteiger charge is -2.08. The van der Waals surface area contributed by atoms with Gasteiger partial charge in [0, 0.05) is 12.0 Å². The second-order valence-corrected chi connectivity index (χ2v) is 3.49. The molecule has 0 radical (unpaired) electrons. The van der Waals surface area contributed by atoms with Crippen LogP contribution >= 0.6 is 0 Å². The highest BCUT2D eigenvalue weighted by molar-refractivity contribution is 5.33.